The van der Waals surface area contributed by atoms with E-state index in [0.29, 0.717) is 16.7 Å². The summed E-state index contributed by atoms with van der Waals surface area (Å²) in [6.07, 6.45) is 0.765. The monoisotopic (exact) mass is 311 g/mol. The lowest BCUT2D eigenvalue weighted by atomic mass is 10.1. The summed E-state index contributed by atoms with van der Waals surface area (Å²) in [5, 5.41) is 2.87. The van der Waals surface area contributed by atoms with Crippen molar-refractivity contribution in [3.8, 4) is 0 Å². The minimum absolute atomic E-state index is 0.0587. The van der Waals surface area contributed by atoms with Crippen molar-refractivity contribution in [3.05, 3.63) is 64.3 Å². The summed E-state index contributed by atoms with van der Waals surface area (Å²) in [7, 11) is 0. The molecule has 1 fully saturated rings. The zero-order valence-corrected chi connectivity index (χ0v) is 12.1. The maximum Gasteiger partial charge on any atom is 0.323 e. The number of nitrogens with one attached hydrogen (secondary N) is 3. The molecule has 5 nitrogen and oxygen atoms in total. The number of imidazole rings is 1. The fourth-order valence-electron chi connectivity index (χ4n) is 2.91. The van der Waals surface area contributed by atoms with Gasteiger partial charge in [0.2, 0.25) is 5.91 Å². The molecule has 3 N–H and O–H groups in total. The average molecular weight is 311 g/mol. The minimum Gasteiger partial charge on any atom is -0.326 e. The second-order valence-electron chi connectivity index (χ2n) is 5.83. The molecule has 23 heavy (non-hydrogen) atoms. The van der Waals surface area contributed by atoms with Crippen LogP contribution in [0.4, 0.5) is 10.1 Å². The van der Waals surface area contributed by atoms with Gasteiger partial charge >= 0.3 is 5.69 Å². The fourth-order valence-corrected chi connectivity index (χ4v) is 2.91. The van der Waals surface area contributed by atoms with Crippen molar-refractivity contribution in [1.82, 2.24) is 9.97 Å². The Labute approximate surface area is 130 Å². The molecule has 0 aliphatic heterocycles. The van der Waals surface area contributed by atoms with Crippen LogP contribution in [0.3, 0.4) is 0 Å². The highest BCUT2D eigenvalue weighted by atomic mass is 19.1. The molecule has 0 saturated heterocycles. The molecule has 1 aromatic heterocycles. The highest BCUT2D eigenvalue weighted by molar-refractivity contribution is 5.96. The Kier molecular flexibility index (Phi) is 3.04. The van der Waals surface area contributed by atoms with Gasteiger partial charge in [-0.1, -0.05) is 12.1 Å². The van der Waals surface area contributed by atoms with Gasteiger partial charge in [0, 0.05) is 11.6 Å². The normalized spacial score (nSPS) is 19.7. The predicted molar refractivity (Wildman–Crippen MR) is 84.8 cm³/mol. The number of fused-ring (bicyclic) bond motifs is 1. The molecule has 0 radical (unpaired) electrons. The Morgan fingerprint density at radius 1 is 1.09 bits per heavy atom. The first kappa shape index (κ1) is 13.8. The minimum atomic E-state index is -0.276. The molecule has 6 heteroatoms. The molecule has 1 heterocycles. The Hall–Kier alpha value is -2.89. The van der Waals surface area contributed by atoms with Gasteiger partial charge in [0.05, 0.1) is 11.0 Å². The van der Waals surface area contributed by atoms with Gasteiger partial charge in [-0.2, -0.15) is 0 Å². The third-order valence-electron chi connectivity index (χ3n) is 4.21. The van der Waals surface area contributed by atoms with E-state index in [9.17, 15) is 14.0 Å². The van der Waals surface area contributed by atoms with Gasteiger partial charge in [0.15, 0.2) is 0 Å². The molecule has 1 amide bonds. The van der Waals surface area contributed by atoms with E-state index in [4.69, 9.17) is 0 Å². The van der Waals surface area contributed by atoms with Crippen molar-refractivity contribution in [2.75, 3.05) is 5.32 Å². The van der Waals surface area contributed by atoms with Gasteiger partial charge < -0.3 is 15.3 Å². The summed E-state index contributed by atoms with van der Waals surface area (Å²) in [5.74, 6) is -0.284. The summed E-state index contributed by atoms with van der Waals surface area (Å²) < 4.78 is 12.9. The molecule has 0 unspecified atom stereocenters. The van der Waals surface area contributed by atoms with Crippen LogP contribution in [-0.2, 0) is 4.79 Å². The van der Waals surface area contributed by atoms with Crippen molar-refractivity contribution >= 4 is 22.6 Å². The largest absolute Gasteiger partial charge is 0.326 e. The molecule has 1 saturated carbocycles. The number of anilines is 1. The molecule has 1 aliphatic carbocycles. The van der Waals surface area contributed by atoms with Crippen molar-refractivity contribution in [2.45, 2.75) is 12.3 Å². The lowest BCUT2D eigenvalue weighted by Gasteiger charge is -2.05. The molecule has 4 rings (SSSR count). The lowest BCUT2D eigenvalue weighted by Crippen LogP contribution is -2.14. The molecular formula is C17H14FN3O2. The predicted octanol–water partition coefficient (Wildman–Crippen LogP) is 2.74. The van der Waals surface area contributed by atoms with Gasteiger partial charge in [-0.25, -0.2) is 9.18 Å². The zero-order chi connectivity index (χ0) is 16.0. The van der Waals surface area contributed by atoms with Gasteiger partial charge in [0.1, 0.15) is 5.82 Å². The highest BCUT2D eigenvalue weighted by Crippen LogP contribution is 2.48. The van der Waals surface area contributed by atoms with Gasteiger partial charge in [-0.05, 0) is 48.2 Å². The number of carbonyl (C=O) groups is 1. The number of H-pyrrole nitrogens is 2. The second kappa shape index (κ2) is 5.08. The van der Waals surface area contributed by atoms with Gasteiger partial charge in [-0.15, -0.1) is 0 Å². The molecule has 116 valence electrons. The molecule has 0 bridgehead atoms. The molecule has 3 aromatic rings. The zero-order valence-electron chi connectivity index (χ0n) is 12.1. The summed E-state index contributed by atoms with van der Waals surface area (Å²) in [4.78, 5) is 28.9. The van der Waals surface area contributed by atoms with Crippen molar-refractivity contribution in [2.24, 2.45) is 5.92 Å². The van der Waals surface area contributed by atoms with E-state index in [1.54, 1.807) is 30.3 Å². The van der Waals surface area contributed by atoms with Crippen LogP contribution in [0.15, 0.2) is 47.3 Å². The van der Waals surface area contributed by atoms with Gasteiger partial charge in [0.25, 0.3) is 0 Å². The smallest absolute Gasteiger partial charge is 0.323 e. The average Bonchev–Trinajstić information content (AvgIpc) is 3.23. The Bertz CT molecular complexity index is 942. The van der Waals surface area contributed by atoms with Crippen LogP contribution < -0.4 is 11.0 Å². The third kappa shape index (κ3) is 2.63. The van der Waals surface area contributed by atoms with Crippen LogP contribution in [0.1, 0.15) is 17.9 Å². The van der Waals surface area contributed by atoms with E-state index in [0.717, 1.165) is 12.0 Å². The van der Waals surface area contributed by atoms with E-state index in [1.165, 1.54) is 12.1 Å². The van der Waals surface area contributed by atoms with Crippen LogP contribution in [0, 0.1) is 11.7 Å². The first-order valence-corrected chi connectivity index (χ1v) is 7.38. The molecule has 2 aromatic carbocycles. The van der Waals surface area contributed by atoms with Crippen LogP contribution in [-0.4, -0.2) is 15.9 Å². The number of hydrogen-bond donors (Lipinski definition) is 3. The number of halogens is 1. The standard InChI is InChI=1S/C17H14FN3O2/c18-10-3-1-9(2-4-10)12-8-13(12)16(22)19-11-5-6-14-15(7-11)21-17(23)20-14/h1-7,12-13H,8H2,(H,19,22)(H2,20,21,23)/t12-,13-/m1/s1. The summed E-state index contributed by atoms with van der Waals surface area (Å²) >= 11 is 0. The first-order chi connectivity index (χ1) is 11.1. The van der Waals surface area contributed by atoms with Crippen molar-refractivity contribution in [3.63, 3.8) is 0 Å². The molecule has 0 spiro atoms. The van der Waals surface area contributed by atoms with Crippen molar-refractivity contribution in [1.29, 1.82) is 0 Å². The quantitative estimate of drug-likeness (QED) is 0.695. The Morgan fingerprint density at radius 2 is 1.83 bits per heavy atom. The summed E-state index contributed by atoms with van der Waals surface area (Å²) in [6, 6.07) is 11.5. The second-order valence-corrected chi connectivity index (χ2v) is 5.83. The van der Waals surface area contributed by atoms with Crippen LogP contribution in [0.5, 0.6) is 0 Å². The van der Waals surface area contributed by atoms with Gasteiger partial charge in [-0.3, -0.25) is 4.79 Å². The van der Waals surface area contributed by atoms with Crippen LogP contribution in [0.2, 0.25) is 0 Å². The molecular weight excluding hydrogens is 297 g/mol. The Balaban J connectivity index is 1.47. The van der Waals surface area contributed by atoms with E-state index in [-0.39, 0.29) is 29.2 Å². The van der Waals surface area contributed by atoms with E-state index >= 15 is 0 Å². The van der Waals surface area contributed by atoms with Crippen molar-refractivity contribution < 1.29 is 9.18 Å². The number of hydrogen-bond acceptors (Lipinski definition) is 2. The number of aromatic nitrogens is 2. The maximum atomic E-state index is 12.9. The number of aromatic amines is 2. The van der Waals surface area contributed by atoms with Crippen LogP contribution >= 0.6 is 0 Å². The third-order valence-corrected chi connectivity index (χ3v) is 4.21. The number of carbonyl (C=O) groups excluding carboxylic acids is 1. The summed E-state index contributed by atoms with van der Waals surface area (Å²) in [5.41, 5.74) is 2.70. The van der Waals surface area contributed by atoms with E-state index < -0.39 is 0 Å². The SMILES string of the molecule is O=C(Nc1ccc2[nH]c(=O)[nH]c2c1)[C@@H]1C[C@@H]1c1ccc(F)cc1. The van der Waals surface area contributed by atoms with Crippen LogP contribution in [0.25, 0.3) is 11.0 Å². The highest BCUT2D eigenvalue weighted by Gasteiger charge is 2.43. The first-order valence-electron chi connectivity index (χ1n) is 7.38. The van der Waals surface area contributed by atoms with E-state index in [1.807, 2.05) is 0 Å². The molecule has 2 atom stereocenters. The lowest BCUT2D eigenvalue weighted by molar-refractivity contribution is -0.117. The summed E-state index contributed by atoms with van der Waals surface area (Å²) in [6.45, 7) is 0. The maximum absolute atomic E-state index is 12.9. The Morgan fingerprint density at radius 3 is 2.61 bits per heavy atom. The number of amides is 1. The number of rotatable bonds is 3. The number of benzene rings is 2. The fraction of sp³-hybridized carbons (Fsp3) is 0.176. The topological polar surface area (TPSA) is 77.8 Å². The van der Waals surface area contributed by atoms with E-state index in [2.05, 4.69) is 15.3 Å². The molecule has 1 aliphatic rings.